The minimum absolute atomic E-state index is 0.172. The number of carbonyl (C=O) groups is 2. The van der Waals surface area contributed by atoms with E-state index in [0.717, 1.165) is 39.2 Å². The van der Waals surface area contributed by atoms with E-state index in [-0.39, 0.29) is 5.91 Å². The third-order valence-corrected chi connectivity index (χ3v) is 7.13. The number of aromatic nitrogens is 2. The minimum atomic E-state index is -0.710. The van der Waals surface area contributed by atoms with Gasteiger partial charge in [-0.2, -0.15) is 0 Å². The number of nitrogens with zero attached hydrogens (tertiary/aromatic N) is 2. The number of methoxy groups -OCH3 is 1. The Balaban J connectivity index is 1.62. The van der Waals surface area contributed by atoms with Gasteiger partial charge in [0.25, 0.3) is 0 Å². The van der Waals surface area contributed by atoms with Gasteiger partial charge in [-0.05, 0) is 36.5 Å². The number of nitrogens with one attached hydrogen (secondary N) is 1. The lowest BCUT2D eigenvalue weighted by Gasteiger charge is -2.17. The van der Waals surface area contributed by atoms with Gasteiger partial charge in [-0.15, -0.1) is 0 Å². The smallest absolute Gasteiger partial charge is 0.328 e. The van der Waals surface area contributed by atoms with Gasteiger partial charge < -0.3 is 14.6 Å². The van der Waals surface area contributed by atoms with Crippen LogP contribution >= 0.6 is 23.4 Å². The molecule has 186 valence electrons. The zero-order chi connectivity index (χ0) is 25.0. The fourth-order valence-electron chi connectivity index (χ4n) is 3.75. The summed E-state index contributed by atoms with van der Waals surface area (Å²) in [6, 6.07) is 16.7. The molecule has 0 spiro atoms. The van der Waals surface area contributed by atoms with Crippen LogP contribution in [0.25, 0.3) is 0 Å². The molecular formula is C27H32ClN3O3S. The molecule has 2 aromatic carbocycles. The number of aryl methyl sites for hydroxylation is 1. The van der Waals surface area contributed by atoms with E-state index in [1.165, 1.54) is 7.11 Å². The van der Waals surface area contributed by atoms with E-state index in [4.69, 9.17) is 16.3 Å². The summed E-state index contributed by atoms with van der Waals surface area (Å²) in [7, 11) is 1.33. The van der Waals surface area contributed by atoms with Crippen LogP contribution in [0.5, 0.6) is 0 Å². The zero-order valence-electron chi connectivity index (χ0n) is 20.2. The molecule has 1 amide bonds. The van der Waals surface area contributed by atoms with Crippen molar-refractivity contribution in [3.8, 4) is 0 Å². The lowest BCUT2D eigenvalue weighted by atomic mass is 10.1. The molecule has 0 bridgehead atoms. The molecule has 0 radical (unpaired) electrons. The number of amides is 1. The molecule has 0 saturated carbocycles. The first-order valence-electron chi connectivity index (χ1n) is 11.8. The number of imidazole rings is 1. The second-order valence-corrected chi connectivity index (χ2v) is 9.71. The largest absolute Gasteiger partial charge is 0.467 e. The number of hydrogen-bond acceptors (Lipinski definition) is 5. The summed E-state index contributed by atoms with van der Waals surface area (Å²) < 4.78 is 7.08. The summed E-state index contributed by atoms with van der Waals surface area (Å²) in [6.07, 6.45) is 4.97. The lowest BCUT2D eigenvalue weighted by molar-refractivity contribution is -0.145. The molecule has 1 N–H and O–H groups in total. The zero-order valence-corrected chi connectivity index (χ0v) is 21.8. The minimum Gasteiger partial charge on any atom is -0.467 e. The van der Waals surface area contributed by atoms with Crippen LogP contribution in [0, 0.1) is 0 Å². The van der Waals surface area contributed by atoms with Crippen LogP contribution in [0.4, 0.5) is 0 Å². The monoisotopic (exact) mass is 513 g/mol. The quantitative estimate of drug-likeness (QED) is 0.248. The molecule has 1 atom stereocenters. The van der Waals surface area contributed by atoms with Crippen molar-refractivity contribution in [2.45, 2.75) is 56.8 Å². The number of hydrogen-bond donors (Lipinski definition) is 1. The molecule has 6 nitrogen and oxygen atoms in total. The Kier molecular flexibility index (Phi) is 10.7. The Bertz CT molecular complexity index is 1100. The Hall–Kier alpha value is -2.77. The van der Waals surface area contributed by atoms with Gasteiger partial charge in [0.1, 0.15) is 6.04 Å². The summed E-state index contributed by atoms with van der Waals surface area (Å²) in [5.74, 6) is 0.365. The normalized spacial score (nSPS) is 11.7. The second-order valence-electron chi connectivity index (χ2n) is 8.24. The summed E-state index contributed by atoms with van der Waals surface area (Å²) in [5, 5.41) is 4.53. The van der Waals surface area contributed by atoms with E-state index in [2.05, 4.69) is 21.8 Å². The van der Waals surface area contributed by atoms with Crippen LogP contribution in [0.1, 0.15) is 43.0 Å². The highest BCUT2D eigenvalue weighted by Crippen LogP contribution is 2.24. The lowest BCUT2D eigenvalue weighted by Crippen LogP contribution is -2.43. The molecule has 0 unspecified atom stereocenters. The number of esters is 1. The molecule has 0 saturated heterocycles. The molecule has 0 aliphatic carbocycles. The Labute approximate surface area is 216 Å². The molecule has 3 rings (SSSR count). The standard InChI is InChI=1S/C27H32ClN3O3S/c1-3-16-35-27-29-18-22(31(27)19-21-12-7-8-14-23(21)28)13-9-15-25(32)30-24(26(33)34-2)17-20-10-5-4-6-11-20/h4-8,10-12,14,18,24H,3,9,13,15-17,19H2,1-2H3,(H,30,32)/t24-/m0/s1. The average Bonchev–Trinajstić information content (AvgIpc) is 3.24. The van der Waals surface area contributed by atoms with Gasteiger partial charge in [0.05, 0.1) is 13.7 Å². The highest BCUT2D eigenvalue weighted by atomic mass is 35.5. The summed E-state index contributed by atoms with van der Waals surface area (Å²) in [6.45, 7) is 2.78. The van der Waals surface area contributed by atoms with Crippen molar-refractivity contribution in [2.24, 2.45) is 0 Å². The van der Waals surface area contributed by atoms with E-state index in [1.807, 2.05) is 60.8 Å². The molecule has 0 aliphatic heterocycles. The fraction of sp³-hybridized carbons (Fsp3) is 0.370. The van der Waals surface area contributed by atoms with Crippen molar-refractivity contribution in [1.82, 2.24) is 14.9 Å². The topological polar surface area (TPSA) is 73.2 Å². The molecule has 1 aromatic heterocycles. The van der Waals surface area contributed by atoms with Crippen molar-refractivity contribution >= 4 is 35.2 Å². The first kappa shape index (κ1) is 26.8. The Morgan fingerprint density at radius 3 is 2.60 bits per heavy atom. The Morgan fingerprint density at radius 2 is 1.89 bits per heavy atom. The third kappa shape index (κ3) is 8.15. The predicted molar refractivity (Wildman–Crippen MR) is 141 cm³/mol. The van der Waals surface area contributed by atoms with E-state index in [0.29, 0.717) is 32.2 Å². The van der Waals surface area contributed by atoms with Crippen molar-refractivity contribution in [2.75, 3.05) is 12.9 Å². The van der Waals surface area contributed by atoms with Crippen LogP contribution in [-0.4, -0.2) is 40.3 Å². The molecule has 8 heteroatoms. The highest BCUT2D eigenvalue weighted by molar-refractivity contribution is 7.99. The number of benzene rings is 2. The molecule has 1 heterocycles. The van der Waals surface area contributed by atoms with Crippen molar-refractivity contribution in [3.63, 3.8) is 0 Å². The Morgan fingerprint density at radius 1 is 1.14 bits per heavy atom. The summed E-state index contributed by atoms with van der Waals surface area (Å²) >= 11 is 8.13. The number of ether oxygens (including phenoxy) is 1. The van der Waals surface area contributed by atoms with Gasteiger partial charge in [-0.1, -0.05) is 78.8 Å². The van der Waals surface area contributed by atoms with Gasteiger partial charge >= 0.3 is 5.97 Å². The van der Waals surface area contributed by atoms with Crippen LogP contribution in [0.2, 0.25) is 5.02 Å². The molecule has 0 fully saturated rings. The number of thioether (sulfide) groups is 1. The fourth-order valence-corrected chi connectivity index (χ4v) is 4.80. The maximum absolute atomic E-state index is 12.7. The molecule has 35 heavy (non-hydrogen) atoms. The second kappa shape index (κ2) is 14.0. The van der Waals surface area contributed by atoms with Crippen LogP contribution in [0.15, 0.2) is 66.0 Å². The molecule has 0 aliphatic rings. The van der Waals surface area contributed by atoms with Crippen molar-refractivity contribution < 1.29 is 14.3 Å². The molecule has 3 aromatic rings. The highest BCUT2D eigenvalue weighted by Gasteiger charge is 2.22. The summed E-state index contributed by atoms with van der Waals surface area (Å²) in [5.41, 5.74) is 3.06. The number of rotatable bonds is 13. The average molecular weight is 514 g/mol. The van der Waals surface area contributed by atoms with Crippen LogP contribution in [0.3, 0.4) is 0 Å². The van der Waals surface area contributed by atoms with Gasteiger partial charge in [0.2, 0.25) is 5.91 Å². The van der Waals surface area contributed by atoms with E-state index >= 15 is 0 Å². The van der Waals surface area contributed by atoms with Crippen molar-refractivity contribution in [1.29, 1.82) is 0 Å². The van der Waals surface area contributed by atoms with Gasteiger partial charge in [0, 0.05) is 35.5 Å². The first-order chi connectivity index (χ1) is 17.0. The summed E-state index contributed by atoms with van der Waals surface area (Å²) in [4.78, 5) is 29.5. The van der Waals surface area contributed by atoms with Gasteiger partial charge in [-0.3, -0.25) is 4.79 Å². The SMILES string of the molecule is CCCSc1ncc(CCCC(=O)N[C@@H](Cc2ccccc2)C(=O)OC)n1Cc1ccccc1Cl. The van der Waals surface area contributed by atoms with Gasteiger partial charge in [-0.25, -0.2) is 9.78 Å². The van der Waals surface area contributed by atoms with Crippen LogP contribution < -0.4 is 5.32 Å². The van der Waals surface area contributed by atoms with E-state index in [9.17, 15) is 9.59 Å². The molecular weight excluding hydrogens is 482 g/mol. The first-order valence-corrected chi connectivity index (χ1v) is 13.2. The van der Waals surface area contributed by atoms with Crippen LogP contribution in [-0.2, 0) is 33.7 Å². The maximum Gasteiger partial charge on any atom is 0.328 e. The number of halogens is 1. The van der Waals surface area contributed by atoms with Gasteiger partial charge in [0.15, 0.2) is 5.16 Å². The maximum atomic E-state index is 12.7. The number of carbonyl (C=O) groups excluding carboxylic acids is 2. The third-order valence-electron chi connectivity index (χ3n) is 5.56. The van der Waals surface area contributed by atoms with E-state index in [1.54, 1.807) is 11.8 Å². The van der Waals surface area contributed by atoms with E-state index < -0.39 is 12.0 Å². The van der Waals surface area contributed by atoms with Crippen molar-refractivity contribution in [3.05, 3.63) is 82.6 Å². The predicted octanol–water partition coefficient (Wildman–Crippen LogP) is 5.31.